The van der Waals surface area contributed by atoms with Gasteiger partial charge in [-0.25, -0.2) is 8.42 Å². The molecular formula is C22H21NO5S. The summed E-state index contributed by atoms with van der Waals surface area (Å²) in [6.07, 6.45) is 0. The summed E-state index contributed by atoms with van der Waals surface area (Å²) in [5.41, 5.74) is 1.18. The van der Waals surface area contributed by atoms with E-state index in [0.29, 0.717) is 10.8 Å². The highest BCUT2D eigenvalue weighted by atomic mass is 32.2. The Morgan fingerprint density at radius 1 is 0.931 bits per heavy atom. The molecule has 0 unspecified atom stereocenters. The number of rotatable bonds is 6. The number of ketones is 2. The van der Waals surface area contributed by atoms with Gasteiger partial charge in [-0.2, -0.15) is 0 Å². The van der Waals surface area contributed by atoms with E-state index >= 15 is 0 Å². The molecule has 0 aliphatic carbocycles. The fraction of sp³-hybridized carbons (Fsp3) is 0.182. The molecule has 0 bridgehead atoms. The molecule has 7 heteroatoms. The maximum Gasteiger partial charge on any atom is 0.261 e. The van der Waals surface area contributed by atoms with Crippen molar-refractivity contribution in [3.63, 3.8) is 0 Å². The van der Waals surface area contributed by atoms with Crippen LogP contribution in [0.5, 0.6) is 5.75 Å². The summed E-state index contributed by atoms with van der Waals surface area (Å²) >= 11 is 0. The molecule has 0 fully saturated rings. The van der Waals surface area contributed by atoms with Gasteiger partial charge in [-0.1, -0.05) is 42.0 Å². The Balaban J connectivity index is 2.22. The average Bonchev–Trinajstić information content (AvgIpc) is 2.65. The summed E-state index contributed by atoms with van der Waals surface area (Å²) in [6, 6.07) is 14.4. The predicted octanol–water partition coefficient (Wildman–Crippen LogP) is 3.92. The van der Waals surface area contributed by atoms with Gasteiger partial charge in [0.25, 0.3) is 10.0 Å². The Labute approximate surface area is 169 Å². The van der Waals surface area contributed by atoms with Crippen LogP contribution in [-0.2, 0) is 19.6 Å². The number of aromatic hydroxyl groups is 1. The molecular weight excluding hydrogens is 390 g/mol. The van der Waals surface area contributed by atoms with Crippen LogP contribution in [-0.4, -0.2) is 25.1 Å². The molecule has 6 nitrogen and oxygen atoms in total. The van der Waals surface area contributed by atoms with Crippen molar-refractivity contribution >= 4 is 38.0 Å². The number of hydrogen-bond acceptors (Lipinski definition) is 5. The molecule has 0 saturated heterocycles. The second-order valence-corrected chi connectivity index (χ2v) is 8.66. The zero-order valence-electron chi connectivity index (χ0n) is 16.3. The Morgan fingerprint density at radius 2 is 1.48 bits per heavy atom. The Bertz CT molecular complexity index is 1200. The molecule has 0 aliphatic heterocycles. The first-order chi connectivity index (χ1) is 13.6. The van der Waals surface area contributed by atoms with Crippen LogP contribution < -0.4 is 4.72 Å². The summed E-state index contributed by atoms with van der Waals surface area (Å²) in [6.45, 7) is 4.38. The largest absolute Gasteiger partial charge is 0.507 e. The first kappa shape index (κ1) is 20.5. The van der Waals surface area contributed by atoms with Crippen molar-refractivity contribution in [3.8, 4) is 5.75 Å². The van der Waals surface area contributed by atoms with Gasteiger partial charge in [0, 0.05) is 16.3 Å². The molecule has 0 heterocycles. The van der Waals surface area contributed by atoms with E-state index in [2.05, 4.69) is 4.72 Å². The molecule has 3 aromatic carbocycles. The number of phenolic OH excluding ortho intramolecular Hbond substituents is 1. The van der Waals surface area contributed by atoms with Crippen LogP contribution in [0.15, 0.2) is 59.5 Å². The Kier molecular flexibility index (Phi) is 5.44. The number of fused-ring (bicyclic) bond motifs is 1. The number of benzene rings is 3. The lowest BCUT2D eigenvalue weighted by Crippen LogP contribution is -2.18. The minimum absolute atomic E-state index is 0.0744. The number of hydrogen-bond donors (Lipinski definition) is 2. The highest BCUT2D eigenvalue weighted by Crippen LogP contribution is 2.39. The molecule has 2 N–H and O–H groups in total. The molecule has 3 aromatic rings. The molecule has 0 atom stereocenters. The van der Waals surface area contributed by atoms with Crippen LogP contribution >= 0.6 is 0 Å². The number of sulfonamides is 1. The lowest BCUT2D eigenvalue weighted by atomic mass is 9.88. The number of anilines is 1. The van der Waals surface area contributed by atoms with Crippen LogP contribution in [0.3, 0.4) is 0 Å². The van der Waals surface area contributed by atoms with E-state index in [1.807, 2.05) is 6.92 Å². The maximum absolute atomic E-state index is 12.9. The quantitative estimate of drug-likeness (QED) is 0.473. The number of carbonyl (C=O) groups excluding carboxylic acids is 2. The minimum Gasteiger partial charge on any atom is -0.507 e. The highest BCUT2D eigenvalue weighted by molar-refractivity contribution is 7.92. The van der Waals surface area contributed by atoms with Crippen LogP contribution in [0.1, 0.15) is 30.9 Å². The molecule has 0 spiro atoms. The van der Waals surface area contributed by atoms with Crippen molar-refractivity contribution in [2.24, 2.45) is 0 Å². The van der Waals surface area contributed by atoms with Gasteiger partial charge in [-0.3, -0.25) is 14.3 Å². The van der Waals surface area contributed by atoms with E-state index in [4.69, 9.17) is 0 Å². The topological polar surface area (TPSA) is 101 Å². The van der Waals surface area contributed by atoms with E-state index in [1.54, 1.807) is 36.4 Å². The van der Waals surface area contributed by atoms with Gasteiger partial charge in [0.2, 0.25) is 0 Å². The summed E-state index contributed by atoms with van der Waals surface area (Å²) in [7, 11) is -3.92. The van der Waals surface area contributed by atoms with Gasteiger partial charge >= 0.3 is 0 Å². The normalized spacial score (nSPS) is 11.6. The van der Waals surface area contributed by atoms with Gasteiger partial charge in [0.15, 0.2) is 0 Å². The summed E-state index contributed by atoms with van der Waals surface area (Å²) in [5.74, 6) is -2.26. The second kappa shape index (κ2) is 7.67. The molecule has 0 saturated carbocycles. The zero-order valence-corrected chi connectivity index (χ0v) is 17.1. The molecule has 0 amide bonds. The van der Waals surface area contributed by atoms with Crippen molar-refractivity contribution in [3.05, 3.63) is 65.7 Å². The maximum atomic E-state index is 12.9. The monoisotopic (exact) mass is 411 g/mol. The number of phenols is 1. The first-order valence-corrected chi connectivity index (χ1v) is 10.4. The number of Topliss-reactive ketones (excluding diaryl/α,β-unsaturated/α-hetero) is 2. The van der Waals surface area contributed by atoms with Crippen LogP contribution in [0.4, 0.5) is 5.69 Å². The molecule has 29 heavy (non-hydrogen) atoms. The Hall–Kier alpha value is -3.19. The number of carbonyl (C=O) groups is 2. The van der Waals surface area contributed by atoms with Gasteiger partial charge < -0.3 is 5.11 Å². The van der Waals surface area contributed by atoms with Crippen LogP contribution in [0, 0.1) is 6.92 Å². The third-order valence-electron chi connectivity index (χ3n) is 4.75. The number of aryl methyl sites for hydroxylation is 1. The fourth-order valence-electron chi connectivity index (χ4n) is 3.33. The predicted molar refractivity (Wildman–Crippen MR) is 112 cm³/mol. The average molecular weight is 411 g/mol. The first-order valence-electron chi connectivity index (χ1n) is 8.97. The smallest absolute Gasteiger partial charge is 0.261 e. The van der Waals surface area contributed by atoms with Gasteiger partial charge in [0.05, 0.1) is 10.6 Å². The standard InChI is InChI=1S/C22H21NO5S/c1-13-8-10-16(11-9-13)29(27,28)23-20-12-19(21(14(2)24)15(3)25)22(26)18-7-5-4-6-17(18)20/h4-12,21,23,26H,1-3H3. The lowest BCUT2D eigenvalue weighted by Gasteiger charge is -2.18. The highest BCUT2D eigenvalue weighted by Gasteiger charge is 2.28. The third kappa shape index (κ3) is 4.00. The van der Waals surface area contributed by atoms with Crippen LogP contribution in [0.2, 0.25) is 0 Å². The van der Waals surface area contributed by atoms with Gasteiger partial charge in [0.1, 0.15) is 23.2 Å². The second-order valence-electron chi connectivity index (χ2n) is 6.98. The van der Waals surface area contributed by atoms with E-state index in [1.165, 1.54) is 32.0 Å². The van der Waals surface area contributed by atoms with Crippen molar-refractivity contribution in [1.82, 2.24) is 0 Å². The van der Waals surface area contributed by atoms with E-state index in [9.17, 15) is 23.1 Å². The molecule has 150 valence electrons. The van der Waals surface area contributed by atoms with Crippen LogP contribution in [0.25, 0.3) is 10.8 Å². The van der Waals surface area contributed by atoms with Gasteiger partial charge in [-0.15, -0.1) is 0 Å². The van der Waals surface area contributed by atoms with Gasteiger partial charge in [-0.05, 0) is 39.0 Å². The summed E-state index contributed by atoms with van der Waals surface area (Å²) < 4.78 is 28.3. The Morgan fingerprint density at radius 3 is 2.03 bits per heavy atom. The minimum atomic E-state index is -3.92. The van der Waals surface area contributed by atoms with E-state index < -0.39 is 27.5 Å². The van der Waals surface area contributed by atoms with E-state index in [-0.39, 0.29) is 21.9 Å². The van der Waals surface area contributed by atoms with Crippen molar-refractivity contribution in [2.45, 2.75) is 31.6 Å². The number of nitrogens with one attached hydrogen (secondary N) is 1. The zero-order chi connectivity index (χ0) is 21.3. The lowest BCUT2D eigenvalue weighted by molar-refractivity contribution is -0.126. The summed E-state index contributed by atoms with van der Waals surface area (Å²) in [5, 5.41) is 11.5. The van der Waals surface area contributed by atoms with Crippen molar-refractivity contribution in [1.29, 1.82) is 0 Å². The third-order valence-corrected chi connectivity index (χ3v) is 6.13. The summed E-state index contributed by atoms with van der Waals surface area (Å²) in [4.78, 5) is 24.2. The van der Waals surface area contributed by atoms with Crippen molar-refractivity contribution < 1.29 is 23.1 Å². The SMILES string of the molecule is CC(=O)C(C(C)=O)c1cc(NS(=O)(=O)c2ccc(C)cc2)c2ccccc2c1O. The fourth-order valence-corrected chi connectivity index (χ4v) is 4.40. The molecule has 3 rings (SSSR count). The molecule has 0 aliphatic rings. The molecule has 0 radical (unpaired) electrons. The van der Waals surface area contributed by atoms with E-state index in [0.717, 1.165) is 5.56 Å². The van der Waals surface area contributed by atoms with Crippen molar-refractivity contribution in [2.75, 3.05) is 4.72 Å². The molecule has 0 aromatic heterocycles.